The fraction of sp³-hybridized carbons (Fsp3) is 0.196. The van der Waals surface area contributed by atoms with E-state index in [1.54, 1.807) is 0 Å². The van der Waals surface area contributed by atoms with E-state index in [0.717, 1.165) is 16.7 Å². The van der Waals surface area contributed by atoms with E-state index in [0.29, 0.717) is 17.5 Å². The number of hydrogen-bond donors (Lipinski definition) is 0. The Balaban J connectivity index is 1.23. The first-order valence-corrected chi connectivity index (χ1v) is 17.3. The fourth-order valence-electron chi connectivity index (χ4n) is 8.25. The van der Waals surface area contributed by atoms with Crippen LogP contribution in [-0.2, 0) is 16.2 Å². The van der Waals surface area contributed by atoms with Crippen LogP contribution in [0.5, 0.6) is 0 Å². The molecule has 0 unspecified atom stereocenters. The Morgan fingerprint density at radius 2 is 0.796 bits per heavy atom. The van der Waals surface area contributed by atoms with Crippen LogP contribution in [0.1, 0.15) is 63.8 Å². The van der Waals surface area contributed by atoms with Crippen molar-refractivity contribution in [2.45, 2.75) is 57.8 Å². The Bertz CT molecular complexity index is 2400. The maximum atomic E-state index is 5.05. The van der Waals surface area contributed by atoms with Gasteiger partial charge in [0, 0.05) is 22.1 Å². The highest BCUT2D eigenvalue weighted by atomic mass is 15.0. The standard InChI is InChI=1S/C46H39N3/c1-44(2)37-25-32(43-48-41(28-15-9-7-10-16-28)47-42(49-43)29-17-11-8-12-18-29)21-22-33(37)35-26-36-34-23-30-19-13-14-20-31(30)24-39(34)45(3,4)46(5,6)40(36)27-38(35)44/h7-27H,1-6H3. The van der Waals surface area contributed by atoms with Crippen molar-refractivity contribution in [3.05, 3.63) is 150 Å². The molecule has 9 rings (SSSR count). The molecule has 3 heteroatoms. The first-order valence-electron chi connectivity index (χ1n) is 17.3. The average molecular weight is 634 g/mol. The van der Waals surface area contributed by atoms with Crippen LogP contribution < -0.4 is 0 Å². The van der Waals surface area contributed by atoms with Gasteiger partial charge in [-0.25, -0.2) is 15.0 Å². The zero-order valence-corrected chi connectivity index (χ0v) is 29.0. The normalized spacial score (nSPS) is 16.0. The largest absolute Gasteiger partial charge is 0.208 e. The van der Waals surface area contributed by atoms with Crippen LogP contribution in [0.2, 0.25) is 0 Å². The second kappa shape index (κ2) is 10.3. The lowest BCUT2D eigenvalue weighted by Crippen LogP contribution is -2.43. The average Bonchev–Trinajstić information content (AvgIpc) is 3.35. The maximum absolute atomic E-state index is 5.05. The molecular formula is C46H39N3. The van der Waals surface area contributed by atoms with Crippen molar-refractivity contribution in [2.24, 2.45) is 0 Å². The number of hydrogen-bond acceptors (Lipinski definition) is 3. The molecule has 0 aliphatic heterocycles. The summed E-state index contributed by atoms with van der Waals surface area (Å²) in [6.07, 6.45) is 0. The molecule has 6 aromatic carbocycles. The van der Waals surface area contributed by atoms with Gasteiger partial charge in [0.15, 0.2) is 17.5 Å². The highest BCUT2D eigenvalue weighted by Gasteiger charge is 2.48. The predicted octanol–water partition coefficient (Wildman–Crippen LogP) is 11.6. The molecular weight excluding hydrogens is 595 g/mol. The van der Waals surface area contributed by atoms with E-state index in [4.69, 9.17) is 15.0 Å². The van der Waals surface area contributed by atoms with Crippen molar-refractivity contribution in [1.82, 2.24) is 15.0 Å². The van der Waals surface area contributed by atoms with Crippen LogP contribution in [0.3, 0.4) is 0 Å². The van der Waals surface area contributed by atoms with E-state index in [1.165, 1.54) is 55.3 Å². The molecule has 3 nitrogen and oxygen atoms in total. The Kier molecular flexibility index (Phi) is 6.24. The Labute approximate surface area is 288 Å². The van der Waals surface area contributed by atoms with Gasteiger partial charge in [0.05, 0.1) is 0 Å². The van der Waals surface area contributed by atoms with Crippen LogP contribution in [0.15, 0.2) is 127 Å². The number of nitrogens with zero attached hydrogens (tertiary/aromatic N) is 3. The van der Waals surface area contributed by atoms with E-state index >= 15 is 0 Å². The van der Waals surface area contributed by atoms with Gasteiger partial charge in [-0.05, 0) is 90.4 Å². The minimum atomic E-state index is -0.197. The highest BCUT2D eigenvalue weighted by Crippen LogP contribution is 2.58. The lowest BCUT2D eigenvalue weighted by atomic mass is 9.55. The number of benzene rings is 6. The summed E-state index contributed by atoms with van der Waals surface area (Å²) in [7, 11) is 0. The van der Waals surface area contributed by atoms with E-state index in [-0.39, 0.29) is 16.2 Å². The second-order valence-corrected chi connectivity index (χ2v) is 15.4. The van der Waals surface area contributed by atoms with E-state index in [9.17, 15) is 0 Å². The van der Waals surface area contributed by atoms with Crippen molar-refractivity contribution >= 4 is 10.8 Å². The Morgan fingerprint density at radius 3 is 1.39 bits per heavy atom. The zero-order valence-electron chi connectivity index (χ0n) is 29.0. The fourth-order valence-corrected chi connectivity index (χ4v) is 8.25. The van der Waals surface area contributed by atoms with Crippen molar-refractivity contribution < 1.29 is 0 Å². The lowest BCUT2D eigenvalue weighted by molar-refractivity contribution is 0.299. The van der Waals surface area contributed by atoms with Gasteiger partial charge in [0.2, 0.25) is 0 Å². The molecule has 2 aliphatic carbocycles. The summed E-state index contributed by atoms with van der Waals surface area (Å²) in [6.45, 7) is 14.4. The molecule has 0 spiro atoms. The first kappa shape index (κ1) is 29.7. The molecule has 0 saturated heterocycles. The second-order valence-electron chi connectivity index (χ2n) is 15.4. The van der Waals surface area contributed by atoms with Crippen molar-refractivity contribution in [1.29, 1.82) is 0 Å². The summed E-state index contributed by atoms with van der Waals surface area (Å²) in [5.74, 6) is 2.04. The van der Waals surface area contributed by atoms with Crippen LogP contribution in [0.25, 0.3) is 67.2 Å². The number of rotatable bonds is 3. The summed E-state index contributed by atoms with van der Waals surface area (Å²) >= 11 is 0. The number of aromatic nitrogens is 3. The van der Waals surface area contributed by atoms with Crippen LogP contribution in [0.4, 0.5) is 0 Å². The van der Waals surface area contributed by atoms with E-state index in [1.807, 2.05) is 36.4 Å². The van der Waals surface area contributed by atoms with Gasteiger partial charge in [-0.15, -0.1) is 0 Å². The molecule has 0 saturated carbocycles. The molecule has 0 radical (unpaired) electrons. The summed E-state index contributed by atoms with van der Waals surface area (Å²) in [6, 6.07) is 45.8. The summed E-state index contributed by atoms with van der Waals surface area (Å²) in [5, 5.41) is 2.59. The molecule has 0 atom stereocenters. The molecule has 1 heterocycles. The molecule has 49 heavy (non-hydrogen) atoms. The van der Waals surface area contributed by atoms with Crippen molar-refractivity contribution in [3.63, 3.8) is 0 Å². The maximum Gasteiger partial charge on any atom is 0.164 e. The van der Waals surface area contributed by atoms with Crippen LogP contribution in [0, 0.1) is 0 Å². The van der Waals surface area contributed by atoms with Crippen molar-refractivity contribution in [3.8, 4) is 56.4 Å². The molecule has 0 amide bonds. The summed E-state index contributed by atoms with van der Waals surface area (Å²) < 4.78 is 0. The van der Waals surface area contributed by atoms with Crippen molar-refractivity contribution in [2.75, 3.05) is 0 Å². The van der Waals surface area contributed by atoms with E-state index in [2.05, 4.69) is 133 Å². The van der Waals surface area contributed by atoms with Gasteiger partial charge in [-0.3, -0.25) is 0 Å². The predicted molar refractivity (Wildman–Crippen MR) is 203 cm³/mol. The topological polar surface area (TPSA) is 38.7 Å². The van der Waals surface area contributed by atoms with E-state index < -0.39 is 0 Å². The third-order valence-corrected chi connectivity index (χ3v) is 11.9. The first-order chi connectivity index (χ1) is 23.5. The minimum Gasteiger partial charge on any atom is -0.208 e. The lowest BCUT2D eigenvalue weighted by Gasteiger charge is -2.49. The Hall–Kier alpha value is -5.41. The minimum absolute atomic E-state index is 0.0536. The van der Waals surface area contributed by atoms with Crippen LogP contribution >= 0.6 is 0 Å². The van der Waals surface area contributed by atoms with Gasteiger partial charge in [0.1, 0.15) is 0 Å². The van der Waals surface area contributed by atoms with Crippen LogP contribution in [-0.4, -0.2) is 15.0 Å². The molecule has 1 aromatic heterocycles. The zero-order chi connectivity index (χ0) is 33.7. The number of fused-ring (bicyclic) bond motifs is 7. The summed E-state index contributed by atoms with van der Waals surface area (Å²) in [4.78, 5) is 15.0. The summed E-state index contributed by atoms with van der Waals surface area (Å²) in [5.41, 5.74) is 13.5. The molecule has 2 aliphatic rings. The smallest absolute Gasteiger partial charge is 0.164 e. The molecule has 7 aromatic rings. The molecule has 0 bridgehead atoms. The monoisotopic (exact) mass is 633 g/mol. The molecule has 0 fully saturated rings. The third kappa shape index (κ3) is 4.31. The molecule has 238 valence electrons. The SMILES string of the molecule is CC1(C)c2cc(-c3nc(-c4ccccc4)nc(-c4ccccc4)n3)ccc2-c2cc3c(cc21)C(C)(C)C(C)(C)c1cc2ccccc2cc1-3. The third-order valence-electron chi connectivity index (χ3n) is 11.9. The van der Waals surface area contributed by atoms with Gasteiger partial charge >= 0.3 is 0 Å². The quantitative estimate of drug-likeness (QED) is 0.194. The Morgan fingerprint density at radius 1 is 0.347 bits per heavy atom. The molecule has 0 N–H and O–H groups in total. The van der Waals surface area contributed by atoms with Gasteiger partial charge in [0.25, 0.3) is 0 Å². The van der Waals surface area contributed by atoms with Gasteiger partial charge in [-0.1, -0.05) is 145 Å². The highest BCUT2D eigenvalue weighted by molar-refractivity contribution is 5.95. The van der Waals surface area contributed by atoms with Gasteiger partial charge in [-0.2, -0.15) is 0 Å². The van der Waals surface area contributed by atoms with Gasteiger partial charge < -0.3 is 0 Å².